The summed E-state index contributed by atoms with van der Waals surface area (Å²) in [6.45, 7) is 2.18. The Labute approximate surface area is 105 Å². The molecule has 0 unspecified atom stereocenters. The summed E-state index contributed by atoms with van der Waals surface area (Å²) in [4.78, 5) is 11.7. The van der Waals surface area contributed by atoms with Gasteiger partial charge in [0.25, 0.3) is 0 Å². The third-order valence-corrected chi connectivity index (χ3v) is 2.51. The van der Waals surface area contributed by atoms with Gasteiger partial charge in [-0.1, -0.05) is 24.3 Å². The number of amides is 1. The number of nitrogens with one attached hydrogen (secondary N) is 1. The Balaban J connectivity index is 1.94. The van der Waals surface area contributed by atoms with Crippen molar-refractivity contribution in [3.63, 3.8) is 0 Å². The van der Waals surface area contributed by atoms with Gasteiger partial charge in [-0.2, -0.15) is 0 Å². The van der Waals surface area contributed by atoms with E-state index in [1.165, 1.54) is 16.4 Å². The molecular formula is C12H15N5O. The lowest BCUT2D eigenvalue weighted by atomic mass is 10.1. The Morgan fingerprint density at radius 1 is 1.39 bits per heavy atom. The van der Waals surface area contributed by atoms with E-state index < -0.39 is 0 Å². The van der Waals surface area contributed by atoms with Crippen LogP contribution in [0.25, 0.3) is 0 Å². The number of nitrogens with two attached hydrogens (primary N) is 1. The second kappa shape index (κ2) is 5.31. The lowest BCUT2D eigenvalue weighted by Gasteiger charge is -2.05. The van der Waals surface area contributed by atoms with Crippen molar-refractivity contribution in [2.75, 3.05) is 11.1 Å². The molecule has 6 nitrogen and oxygen atoms in total. The highest BCUT2D eigenvalue weighted by molar-refractivity contribution is 5.90. The highest BCUT2D eigenvalue weighted by Crippen LogP contribution is 2.09. The molecule has 2 aromatic rings. The van der Waals surface area contributed by atoms with Gasteiger partial charge in [0.15, 0.2) is 5.82 Å². The molecule has 3 N–H and O–H groups in total. The molecular weight excluding hydrogens is 230 g/mol. The van der Waals surface area contributed by atoms with Crippen LogP contribution in [0.3, 0.4) is 0 Å². The zero-order valence-electron chi connectivity index (χ0n) is 10.1. The van der Waals surface area contributed by atoms with Gasteiger partial charge in [-0.15, -0.1) is 5.10 Å². The summed E-state index contributed by atoms with van der Waals surface area (Å²) in [5.41, 5.74) is 7.41. The molecule has 0 spiro atoms. The molecule has 0 radical (unpaired) electrons. The van der Waals surface area contributed by atoms with E-state index in [0.717, 1.165) is 12.1 Å². The molecule has 1 amide bonds. The van der Waals surface area contributed by atoms with Crippen molar-refractivity contribution < 1.29 is 4.79 Å². The number of carbonyl (C=O) groups is 1. The van der Waals surface area contributed by atoms with E-state index >= 15 is 0 Å². The molecule has 1 heterocycles. The van der Waals surface area contributed by atoms with Gasteiger partial charge >= 0.3 is 0 Å². The normalized spacial score (nSPS) is 10.3. The van der Waals surface area contributed by atoms with E-state index in [1.807, 2.05) is 24.3 Å². The SMILES string of the molecule is CCc1ccc(NC(=O)Cn2cc(N)nn2)cc1. The minimum atomic E-state index is -0.163. The minimum absolute atomic E-state index is 0.0970. The minimum Gasteiger partial charge on any atom is -0.381 e. The summed E-state index contributed by atoms with van der Waals surface area (Å²) < 4.78 is 1.39. The van der Waals surface area contributed by atoms with E-state index in [2.05, 4.69) is 22.6 Å². The van der Waals surface area contributed by atoms with Crippen LogP contribution in [0.5, 0.6) is 0 Å². The van der Waals surface area contributed by atoms with Crippen molar-refractivity contribution in [2.45, 2.75) is 19.9 Å². The average Bonchev–Trinajstić information content (AvgIpc) is 2.75. The van der Waals surface area contributed by atoms with E-state index in [0.29, 0.717) is 5.82 Å². The van der Waals surface area contributed by atoms with Crippen LogP contribution in [0.4, 0.5) is 11.5 Å². The molecule has 6 heteroatoms. The number of benzene rings is 1. The van der Waals surface area contributed by atoms with E-state index in [-0.39, 0.29) is 12.5 Å². The maximum absolute atomic E-state index is 11.7. The fourth-order valence-corrected chi connectivity index (χ4v) is 1.56. The van der Waals surface area contributed by atoms with Crippen LogP contribution < -0.4 is 11.1 Å². The smallest absolute Gasteiger partial charge is 0.246 e. The Kier molecular flexibility index (Phi) is 3.57. The number of nitrogens with zero attached hydrogens (tertiary/aromatic N) is 3. The first-order valence-electron chi connectivity index (χ1n) is 5.72. The van der Waals surface area contributed by atoms with E-state index in [1.54, 1.807) is 0 Å². The average molecular weight is 245 g/mol. The standard InChI is InChI=1S/C12H15N5O/c1-2-9-3-5-10(6-4-9)14-12(18)8-17-7-11(13)15-16-17/h3-7H,2,8,13H2,1H3,(H,14,18). The lowest BCUT2D eigenvalue weighted by molar-refractivity contribution is -0.116. The van der Waals surface area contributed by atoms with Gasteiger partial charge < -0.3 is 11.1 Å². The van der Waals surface area contributed by atoms with Crippen LogP contribution in [-0.4, -0.2) is 20.9 Å². The van der Waals surface area contributed by atoms with Crippen LogP contribution in [0.15, 0.2) is 30.5 Å². The largest absolute Gasteiger partial charge is 0.381 e. The molecule has 2 rings (SSSR count). The van der Waals surface area contributed by atoms with Crippen LogP contribution in [0.1, 0.15) is 12.5 Å². The molecule has 1 aromatic carbocycles. The Bertz CT molecular complexity index is 532. The van der Waals surface area contributed by atoms with Gasteiger partial charge in [0, 0.05) is 5.69 Å². The molecule has 0 aliphatic rings. The van der Waals surface area contributed by atoms with Gasteiger partial charge in [-0.25, -0.2) is 4.68 Å². The Morgan fingerprint density at radius 3 is 2.67 bits per heavy atom. The molecule has 0 bridgehead atoms. The first-order chi connectivity index (χ1) is 8.67. The number of rotatable bonds is 4. The number of nitrogen functional groups attached to an aromatic ring is 1. The number of carbonyl (C=O) groups excluding carboxylic acids is 1. The molecule has 0 fully saturated rings. The van der Waals surface area contributed by atoms with Crippen molar-refractivity contribution in [1.29, 1.82) is 0 Å². The Morgan fingerprint density at radius 2 is 2.11 bits per heavy atom. The van der Waals surface area contributed by atoms with E-state index in [9.17, 15) is 4.79 Å². The summed E-state index contributed by atoms with van der Waals surface area (Å²) in [5, 5.41) is 10.1. The highest BCUT2D eigenvalue weighted by Gasteiger charge is 2.05. The molecule has 0 saturated carbocycles. The summed E-state index contributed by atoms with van der Waals surface area (Å²) >= 11 is 0. The summed E-state index contributed by atoms with van der Waals surface area (Å²) in [7, 11) is 0. The van der Waals surface area contributed by atoms with Crippen molar-refractivity contribution >= 4 is 17.4 Å². The zero-order valence-corrected chi connectivity index (χ0v) is 10.1. The number of aromatic nitrogens is 3. The van der Waals surface area contributed by atoms with Gasteiger partial charge in [-0.3, -0.25) is 4.79 Å². The molecule has 94 valence electrons. The van der Waals surface area contributed by atoms with E-state index in [4.69, 9.17) is 5.73 Å². The zero-order chi connectivity index (χ0) is 13.0. The molecule has 0 atom stereocenters. The lowest BCUT2D eigenvalue weighted by Crippen LogP contribution is -2.19. The third-order valence-electron chi connectivity index (χ3n) is 2.51. The topological polar surface area (TPSA) is 85.8 Å². The van der Waals surface area contributed by atoms with Crippen LogP contribution >= 0.6 is 0 Å². The van der Waals surface area contributed by atoms with Crippen LogP contribution in [-0.2, 0) is 17.8 Å². The predicted octanol–water partition coefficient (Wildman–Crippen LogP) is 1.06. The van der Waals surface area contributed by atoms with Crippen molar-refractivity contribution in [1.82, 2.24) is 15.0 Å². The van der Waals surface area contributed by atoms with Gasteiger partial charge in [0.2, 0.25) is 5.91 Å². The van der Waals surface area contributed by atoms with Crippen molar-refractivity contribution in [3.8, 4) is 0 Å². The molecule has 1 aromatic heterocycles. The number of anilines is 2. The monoisotopic (exact) mass is 245 g/mol. The second-order valence-corrected chi connectivity index (χ2v) is 3.94. The maximum atomic E-state index is 11.7. The Hall–Kier alpha value is -2.37. The van der Waals surface area contributed by atoms with Crippen LogP contribution in [0, 0.1) is 0 Å². The predicted molar refractivity (Wildman–Crippen MR) is 68.9 cm³/mol. The number of hydrogen-bond donors (Lipinski definition) is 2. The second-order valence-electron chi connectivity index (χ2n) is 3.94. The van der Waals surface area contributed by atoms with Crippen LogP contribution in [0.2, 0.25) is 0 Å². The number of hydrogen-bond acceptors (Lipinski definition) is 4. The van der Waals surface area contributed by atoms with Crippen molar-refractivity contribution in [3.05, 3.63) is 36.0 Å². The van der Waals surface area contributed by atoms with Gasteiger partial charge in [-0.05, 0) is 24.1 Å². The first-order valence-corrected chi connectivity index (χ1v) is 5.72. The maximum Gasteiger partial charge on any atom is 0.246 e. The third kappa shape index (κ3) is 3.07. The van der Waals surface area contributed by atoms with Gasteiger partial charge in [0.05, 0.1) is 6.20 Å². The summed E-state index contributed by atoms with van der Waals surface area (Å²) in [6.07, 6.45) is 2.49. The summed E-state index contributed by atoms with van der Waals surface area (Å²) in [6, 6.07) is 7.74. The molecule has 18 heavy (non-hydrogen) atoms. The molecule has 0 saturated heterocycles. The molecule has 0 aliphatic carbocycles. The fourth-order valence-electron chi connectivity index (χ4n) is 1.56. The fraction of sp³-hybridized carbons (Fsp3) is 0.250. The van der Waals surface area contributed by atoms with Crippen molar-refractivity contribution in [2.24, 2.45) is 0 Å². The highest BCUT2D eigenvalue weighted by atomic mass is 16.2. The quantitative estimate of drug-likeness (QED) is 0.843. The molecule has 0 aliphatic heterocycles. The number of aryl methyl sites for hydroxylation is 1. The van der Waals surface area contributed by atoms with Gasteiger partial charge in [0.1, 0.15) is 6.54 Å². The first kappa shape index (κ1) is 12.1. The summed E-state index contributed by atoms with van der Waals surface area (Å²) in [5.74, 6) is 0.138.